The van der Waals surface area contributed by atoms with Gasteiger partial charge in [0.15, 0.2) is 0 Å². The van der Waals surface area contributed by atoms with E-state index in [1.165, 1.54) is 12.1 Å². The van der Waals surface area contributed by atoms with E-state index in [9.17, 15) is 9.59 Å². The van der Waals surface area contributed by atoms with Crippen molar-refractivity contribution >= 4 is 5.97 Å². The van der Waals surface area contributed by atoms with E-state index < -0.39 is 11.6 Å². The molecule has 0 bridgehead atoms. The van der Waals surface area contributed by atoms with Gasteiger partial charge in [0.1, 0.15) is 0 Å². The van der Waals surface area contributed by atoms with Crippen molar-refractivity contribution in [1.82, 2.24) is 0 Å². The summed E-state index contributed by atoms with van der Waals surface area (Å²) in [7, 11) is 0. The van der Waals surface area contributed by atoms with Crippen LogP contribution in [0, 0.1) is 0 Å². The molecular formula is C12H8O4. The zero-order chi connectivity index (χ0) is 11.5. The lowest BCUT2D eigenvalue weighted by atomic mass is 10.1. The van der Waals surface area contributed by atoms with Crippen LogP contribution in [0.3, 0.4) is 0 Å². The Morgan fingerprint density at radius 1 is 1.06 bits per heavy atom. The third-order valence-corrected chi connectivity index (χ3v) is 2.09. The number of benzene rings is 1. The van der Waals surface area contributed by atoms with Crippen molar-refractivity contribution in [3.8, 4) is 11.1 Å². The number of hydrogen-bond acceptors (Lipinski definition) is 3. The van der Waals surface area contributed by atoms with Gasteiger partial charge in [0.25, 0.3) is 0 Å². The van der Waals surface area contributed by atoms with Gasteiger partial charge in [-0.15, -0.1) is 0 Å². The van der Waals surface area contributed by atoms with Crippen LogP contribution in [0.5, 0.6) is 0 Å². The quantitative estimate of drug-likeness (QED) is 0.833. The van der Waals surface area contributed by atoms with Gasteiger partial charge in [-0.25, -0.2) is 9.59 Å². The molecule has 0 amide bonds. The summed E-state index contributed by atoms with van der Waals surface area (Å²) in [6.45, 7) is 0. The fourth-order valence-corrected chi connectivity index (χ4v) is 1.38. The van der Waals surface area contributed by atoms with Gasteiger partial charge < -0.3 is 9.52 Å². The molecule has 1 aromatic heterocycles. The zero-order valence-corrected chi connectivity index (χ0v) is 8.21. The summed E-state index contributed by atoms with van der Waals surface area (Å²) in [6, 6.07) is 11.6. The van der Waals surface area contributed by atoms with Gasteiger partial charge in [0.05, 0.1) is 0 Å². The molecule has 4 heteroatoms. The Hall–Kier alpha value is -2.36. The SMILES string of the molecule is O=C(O)c1cc(-c2ccccc2)cc(=O)o1. The van der Waals surface area contributed by atoms with Crippen LogP contribution in [0.1, 0.15) is 10.6 Å². The van der Waals surface area contributed by atoms with E-state index in [4.69, 9.17) is 5.11 Å². The standard InChI is InChI=1S/C12H8O4/c13-11-7-9(6-10(16-11)12(14)15)8-4-2-1-3-5-8/h1-7H,(H,14,15). The van der Waals surface area contributed by atoms with Crippen molar-refractivity contribution in [3.05, 3.63) is 58.6 Å². The summed E-state index contributed by atoms with van der Waals surface area (Å²) < 4.78 is 4.55. The molecule has 2 rings (SSSR count). The van der Waals surface area contributed by atoms with Crippen LogP contribution < -0.4 is 5.63 Å². The topological polar surface area (TPSA) is 67.5 Å². The minimum absolute atomic E-state index is 0.355. The number of aromatic carboxylic acids is 1. The van der Waals surface area contributed by atoms with Crippen molar-refractivity contribution in [1.29, 1.82) is 0 Å². The maximum absolute atomic E-state index is 11.2. The van der Waals surface area contributed by atoms with E-state index in [0.29, 0.717) is 5.56 Å². The Morgan fingerprint density at radius 3 is 2.38 bits per heavy atom. The van der Waals surface area contributed by atoms with Crippen LogP contribution in [-0.4, -0.2) is 11.1 Å². The molecule has 1 heterocycles. The highest BCUT2D eigenvalue weighted by Gasteiger charge is 2.09. The lowest BCUT2D eigenvalue weighted by Crippen LogP contribution is -2.05. The maximum Gasteiger partial charge on any atom is 0.371 e. The van der Waals surface area contributed by atoms with E-state index in [1.807, 2.05) is 18.2 Å². The second kappa shape index (κ2) is 4.02. The van der Waals surface area contributed by atoms with Crippen molar-refractivity contribution in [2.24, 2.45) is 0 Å². The van der Waals surface area contributed by atoms with Crippen LogP contribution in [0.25, 0.3) is 11.1 Å². The summed E-state index contributed by atoms with van der Waals surface area (Å²) >= 11 is 0. The van der Waals surface area contributed by atoms with Crippen LogP contribution >= 0.6 is 0 Å². The van der Waals surface area contributed by atoms with E-state index >= 15 is 0 Å². The Bertz CT molecular complexity index is 569. The highest BCUT2D eigenvalue weighted by molar-refractivity contribution is 5.85. The molecule has 4 nitrogen and oxygen atoms in total. The van der Waals surface area contributed by atoms with E-state index in [2.05, 4.69) is 4.42 Å². The Balaban J connectivity index is 2.58. The van der Waals surface area contributed by atoms with Gasteiger partial charge in [-0.1, -0.05) is 30.3 Å². The Morgan fingerprint density at radius 2 is 1.75 bits per heavy atom. The van der Waals surface area contributed by atoms with Gasteiger partial charge in [-0.3, -0.25) is 0 Å². The Labute approximate surface area is 90.8 Å². The van der Waals surface area contributed by atoms with Gasteiger partial charge in [0, 0.05) is 6.07 Å². The predicted molar refractivity (Wildman–Crippen MR) is 57.4 cm³/mol. The normalized spacial score (nSPS) is 10.0. The molecular weight excluding hydrogens is 208 g/mol. The van der Waals surface area contributed by atoms with Gasteiger partial charge in [-0.05, 0) is 17.2 Å². The third-order valence-electron chi connectivity index (χ3n) is 2.09. The molecule has 0 spiro atoms. The average Bonchev–Trinajstić information content (AvgIpc) is 2.29. The van der Waals surface area contributed by atoms with Crippen LogP contribution in [0.4, 0.5) is 0 Å². The first-order valence-corrected chi connectivity index (χ1v) is 4.61. The highest BCUT2D eigenvalue weighted by atomic mass is 16.4. The predicted octanol–water partition coefficient (Wildman–Crippen LogP) is 2.00. The lowest BCUT2D eigenvalue weighted by molar-refractivity contribution is 0.0657. The van der Waals surface area contributed by atoms with Crippen molar-refractivity contribution in [3.63, 3.8) is 0 Å². The minimum atomic E-state index is -1.25. The van der Waals surface area contributed by atoms with E-state index in [0.717, 1.165) is 5.56 Å². The molecule has 0 fully saturated rings. The number of rotatable bonds is 2. The van der Waals surface area contributed by atoms with Crippen molar-refractivity contribution < 1.29 is 14.3 Å². The summed E-state index contributed by atoms with van der Waals surface area (Å²) in [5, 5.41) is 8.75. The summed E-state index contributed by atoms with van der Waals surface area (Å²) in [4.78, 5) is 21.9. The molecule has 0 aliphatic heterocycles. The summed E-state index contributed by atoms with van der Waals surface area (Å²) in [5.41, 5.74) is 0.644. The van der Waals surface area contributed by atoms with Gasteiger partial charge >= 0.3 is 11.6 Å². The molecule has 0 radical (unpaired) electrons. The Kier molecular flexibility index (Phi) is 2.55. The second-order valence-electron chi connectivity index (χ2n) is 3.20. The molecule has 1 N–H and O–H groups in total. The van der Waals surface area contributed by atoms with Gasteiger partial charge in [-0.2, -0.15) is 0 Å². The number of carbonyl (C=O) groups is 1. The average molecular weight is 216 g/mol. The van der Waals surface area contributed by atoms with Crippen molar-refractivity contribution in [2.45, 2.75) is 0 Å². The smallest absolute Gasteiger partial charge is 0.371 e. The van der Waals surface area contributed by atoms with E-state index in [-0.39, 0.29) is 5.76 Å². The van der Waals surface area contributed by atoms with Crippen molar-refractivity contribution in [2.75, 3.05) is 0 Å². The first kappa shape index (κ1) is 10.2. The first-order chi connectivity index (χ1) is 7.66. The highest BCUT2D eigenvalue weighted by Crippen LogP contribution is 2.18. The molecule has 2 aromatic rings. The molecule has 0 saturated heterocycles. The van der Waals surface area contributed by atoms with Gasteiger partial charge in [0.2, 0.25) is 5.76 Å². The van der Waals surface area contributed by atoms with Crippen LogP contribution in [0.2, 0.25) is 0 Å². The molecule has 16 heavy (non-hydrogen) atoms. The first-order valence-electron chi connectivity index (χ1n) is 4.61. The fourth-order valence-electron chi connectivity index (χ4n) is 1.38. The maximum atomic E-state index is 11.2. The monoisotopic (exact) mass is 216 g/mol. The minimum Gasteiger partial charge on any atom is -0.475 e. The lowest BCUT2D eigenvalue weighted by Gasteiger charge is -2.00. The molecule has 0 aliphatic carbocycles. The second-order valence-corrected chi connectivity index (χ2v) is 3.20. The van der Waals surface area contributed by atoms with Crippen LogP contribution in [-0.2, 0) is 0 Å². The summed E-state index contributed by atoms with van der Waals surface area (Å²) in [5.74, 6) is -1.61. The summed E-state index contributed by atoms with van der Waals surface area (Å²) in [6.07, 6.45) is 0. The number of carboxylic acids is 1. The molecule has 1 aromatic carbocycles. The number of carboxylic acid groups (broad SMARTS) is 1. The number of hydrogen-bond donors (Lipinski definition) is 1. The van der Waals surface area contributed by atoms with Crippen LogP contribution in [0.15, 0.2) is 51.7 Å². The molecule has 0 atom stereocenters. The largest absolute Gasteiger partial charge is 0.475 e. The molecule has 0 unspecified atom stereocenters. The third kappa shape index (κ3) is 2.00. The zero-order valence-electron chi connectivity index (χ0n) is 8.21. The molecule has 0 saturated carbocycles. The molecule has 0 aliphatic rings. The molecule has 80 valence electrons. The fraction of sp³-hybridized carbons (Fsp3) is 0. The van der Waals surface area contributed by atoms with E-state index in [1.54, 1.807) is 12.1 Å².